The molecule has 0 radical (unpaired) electrons. The molecule has 0 spiro atoms. The van der Waals surface area contributed by atoms with Gasteiger partial charge in [-0.3, -0.25) is 14.7 Å². The van der Waals surface area contributed by atoms with Gasteiger partial charge in [-0.2, -0.15) is 0 Å². The molecule has 21 heavy (non-hydrogen) atoms. The quantitative estimate of drug-likeness (QED) is 0.917. The molecule has 2 unspecified atom stereocenters. The van der Waals surface area contributed by atoms with Gasteiger partial charge in [0.25, 0.3) is 5.91 Å². The fraction of sp³-hybridized carbons (Fsp3) is 0.500. The topological polar surface area (TPSA) is 58.4 Å². The predicted octanol–water partition coefficient (Wildman–Crippen LogP) is 2.04. The Labute approximate surface area is 123 Å². The number of aromatic nitrogens is 1. The number of hydrogen-bond acceptors (Lipinski definition) is 4. The molecule has 5 heteroatoms. The molecule has 3 fully saturated rings. The third-order valence-electron chi connectivity index (χ3n) is 5.07. The van der Waals surface area contributed by atoms with Gasteiger partial charge in [-0.25, -0.2) is 0 Å². The van der Waals surface area contributed by atoms with Crippen LogP contribution in [0.1, 0.15) is 30.3 Å². The van der Waals surface area contributed by atoms with Crippen LogP contribution in [-0.4, -0.2) is 41.0 Å². The van der Waals surface area contributed by atoms with Crippen molar-refractivity contribution in [2.24, 2.45) is 5.92 Å². The summed E-state index contributed by atoms with van der Waals surface area (Å²) in [5.41, 5.74) is 0.465. The maximum absolute atomic E-state index is 12.5. The molecule has 3 aliphatic heterocycles. The first-order valence-corrected chi connectivity index (χ1v) is 7.59. The zero-order valence-electron chi connectivity index (χ0n) is 12.1. The number of pyridine rings is 1. The molecular weight excluding hydrogens is 266 g/mol. The van der Waals surface area contributed by atoms with Crippen LogP contribution >= 0.6 is 0 Å². The van der Waals surface area contributed by atoms with Crippen LogP contribution in [0.3, 0.4) is 0 Å². The summed E-state index contributed by atoms with van der Waals surface area (Å²) in [6.45, 7) is 4.54. The van der Waals surface area contributed by atoms with Gasteiger partial charge in [0, 0.05) is 29.1 Å². The zero-order chi connectivity index (χ0) is 14.4. The number of piperidine rings is 3. The molecule has 110 valence electrons. The number of carbonyl (C=O) groups is 1. The molecule has 3 saturated heterocycles. The Morgan fingerprint density at radius 2 is 2.10 bits per heavy atom. The second-order valence-electron chi connectivity index (χ2n) is 6.18. The van der Waals surface area contributed by atoms with Gasteiger partial charge in [0.1, 0.15) is 5.69 Å². The lowest BCUT2D eigenvalue weighted by molar-refractivity contribution is 0.0216. The maximum atomic E-state index is 12.5. The summed E-state index contributed by atoms with van der Waals surface area (Å²) in [5.74, 6) is 0.523. The van der Waals surface area contributed by atoms with E-state index in [1.54, 1.807) is 24.8 Å². The summed E-state index contributed by atoms with van der Waals surface area (Å²) in [6.07, 6.45) is 7.34. The van der Waals surface area contributed by atoms with E-state index in [1.807, 2.05) is 0 Å². The number of rotatable bonds is 2. The number of carbonyl (C=O) groups excluding carboxylic acids is 1. The first-order chi connectivity index (χ1) is 10.2. The summed E-state index contributed by atoms with van der Waals surface area (Å²) in [4.78, 5) is 19.2. The molecule has 5 heterocycles. The van der Waals surface area contributed by atoms with Crippen LogP contribution in [0.15, 0.2) is 29.2 Å². The molecule has 2 bridgehead atoms. The SMILES string of the molecule is CC1C(NC(=O)c2cc3cocc3cn2)C2CCN1CC2. The van der Waals surface area contributed by atoms with Crippen molar-refractivity contribution in [2.45, 2.75) is 31.8 Å². The standard InChI is InChI=1S/C16H19N3O2/c1-10-15(11-2-4-19(10)5-3-11)18-16(20)14-6-12-8-21-9-13(12)7-17-14/h6-11,15H,2-5H2,1H3,(H,18,20). The Kier molecular flexibility index (Phi) is 2.96. The molecule has 2 aromatic rings. The molecule has 2 atom stereocenters. The van der Waals surface area contributed by atoms with E-state index in [4.69, 9.17) is 4.42 Å². The Balaban J connectivity index is 1.54. The first kappa shape index (κ1) is 12.8. The van der Waals surface area contributed by atoms with Crippen LogP contribution < -0.4 is 5.32 Å². The van der Waals surface area contributed by atoms with Gasteiger partial charge in [0.05, 0.1) is 12.5 Å². The van der Waals surface area contributed by atoms with Crippen LogP contribution in [0.5, 0.6) is 0 Å². The molecule has 1 amide bonds. The van der Waals surface area contributed by atoms with Crippen molar-refractivity contribution in [3.05, 3.63) is 30.5 Å². The van der Waals surface area contributed by atoms with Crippen molar-refractivity contribution < 1.29 is 9.21 Å². The van der Waals surface area contributed by atoms with Gasteiger partial charge < -0.3 is 9.73 Å². The van der Waals surface area contributed by atoms with Crippen molar-refractivity contribution >= 4 is 16.7 Å². The van der Waals surface area contributed by atoms with Gasteiger partial charge in [-0.05, 0) is 44.8 Å². The highest BCUT2D eigenvalue weighted by Gasteiger charge is 2.40. The number of fused-ring (bicyclic) bond motifs is 4. The highest BCUT2D eigenvalue weighted by molar-refractivity contribution is 5.96. The second kappa shape index (κ2) is 4.84. The number of hydrogen-bond donors (Lipinski definition) is 1. The molecule has 0 aliphatic carbocycles. The van der Waals surface area contributed by atoms with Crippen molar-refractivity contribution in [3.8, 4) is 0 Å². The minimum atomic E-state index is -0.0799. The monoisotopic (exact) mass is 285 g/mol. The molecule has 5 nitrogen and oxygen atoms in total. The Morgan fingerprint density at radius 3 is 2.86 bits per heavy atom. The molecule has 2 aromatic heterocycles. The number of furan rings is 1. The summed E-state index contributed by atoms with van der Waals surface area (Å²) in [6, 6.07) is 2.45. The summed E-state index contributed by atoms with van der Waals surface area (Å²) >= 11 is 0. The molecule has 0 saturated carbocycles. The van der Waals surface area contributed by atoms with Crippen molar-refractivity contribution in [1.29, 1.82) is 0 Å². The zero-order valence-corrected chi connectivity index (χ0v) is 12.1. The lowest BCUT2D eigenvalue weighted by Gasteiger charge is -2.49. The van der Waals surface area contributed by atoms with Crippen LogP contribution in [0.2, 0.25) is 0 Å². The minimum Gasteiger partial charge on any atom is -0.471 e. The van der Waals surface area contributed by atoms with Crippen molar-refractivity contribution in [3.63, 3.8) is 0 Å². The third kappa shape index (κ3) is 2.12. The average Bonchev–Trinajstić information content (AvgIpc) is 2.98. The number of nitrogens with one attached hydrogen (secondary N) is 1. The second-order valence-corrected chi connectivity index (χ2v) is 6.18. The fourth-order valence-electron chi connectivity index (χ4n) is 3.76. The molecular formula is C16H19N3O2. The number of nitrogens with zero attached hydrogens (tertiary/aromatic N) is 2. The maximum Gasteiger partial charge on any atom is 0.270 e. The Morgan fingerprint density at radius 1 is 1.33 bits per heavy atom. The lowest BCUT2D eigenvalue weighted by atomic mass is 9.79. The highest BCUT2D eigenvalue weighted by atomic mass is 16.3. The Bertz CT molecular complexity index is 671. The van der Waals surface area contributed by atoms with Crippen LogP contribution in [0.4, 0.5) is 0 Å². The van der Waals surface area contributed by atoms with Gasteiger partial charge >= 0.3 is 0 Å². The van der Waals surface area contributed by atoms with E-state index in [9.17, 15) is 4.79 Å². The van der Waals surface area contributed by atoms with E-state index in [1.165, 1.54) is 12.8 Å². The van der Waals surface area contributed by atoms with Gasteiger partial charge in [0.15, 0.2) is 0 Å². The van der Waals surface area contributed by atoms with E-state index in [-0.39, 0.29) is 11.9 Å². The molecule has 3 aliphatic rings. The van der Waals surface area contributed by atoms with Gasteiger partial charge in [-0.15, -0.1) is 0 Å². The third-order valence-corrected chi connectivity index (χ3v) is 5.07. The summed E-state index contributed by atoms with van der Waals surface area (Å²) in [7, 11) is 0. The van der Waals surface area contributed by atoms with Crippen molar-refractivity contribution in [1.82, 2.24) is 15.2 Å². The van der Waals surface area contributed by atoms with Crippen LogP contribution in [0.25, 0.3) is 10.8 Å². The van der Waals surface area contributed by atoms with E-state index < -0.39 is 0 Å². The van der Waals surface area contributed by atoms with Crippen LogP contribution in [0, 0.1) is 5.92 Å². The molecule has 5 rings (SSSR count). The van der Waals surface area contributed by atoms with E-state index in [2.05, 4.69) is 22.1 Å². The normalized spacial score (nSPS) is 31.5. The van der Waals surface area contributed by atoms with Crippen molar-refractivity contribution in [2.75, 3.05) is 13.1 Å². The average molecular weight is 285 g/mol. The Hall–Kier alpha value is -1.88. The van der Waals surface area contributed by atoms with Gasteiger partial charge in [-0.1, -0.05) is 0 Å². The minimum absolute atomic E-state index is 0.0799. The largest absolute Gasteiger partial charge is 0.471 e. The van der Waals surface area contributed by atoms with E-state index in [0.717, 1.165) is 23.9 Å². The highest BCUT2D eigenvalue weighted by Crippen LogP contribution is 2.32. The van der Waals surface area contributed by atoms with Gasteiger partial charge in [0.2, 0.25) is 0 Å². The smallest absolute Gasteiger partial charge is 0.270 e. The van der Waals surface area contributed by atoms with E-state index in [0.29, 0.717) is 17.7 Å². The number of amides is 1. The summed E-state index contributed by atoms with van der Waals surface area (Å²) < 4.78 is 5.13. The fourth-order valence-corrected chi connectivity index (χ4v) is 3.76. The summed E-state index contributed by atoms with van der Waals surface area (Å²) in [5, 5.41) is 5.03. The lowest BCUT2D eigenvalue weighted by Crippen LogP contribution is -2.62. The molecule has 0 aromatic carbocycles. The first-order valence-electron chi connectivity index (χ1n) is 7.59. The predicted molar refractivity (Wildman–Crippen MR) is 79.0 cm³/mol. The molecule has 1 N–H and O–H groups in total. The van der Waals surface area contributed by atoms with E-state index >= 15 is 0 Å². The van der Waals surface area contributed by atoms with Crippen LogP contribution in [-0.2, 0) is 0 Å².